The maximum atomic E-state index is 12.9. The van der Waals surface area contributed by atoms with E-state index in [1.54, 1.807) is 12.1 Å². The monoisotopic (exact) mass is 251 g/mol. The molecule has 0 amide bonds. The van der Waals surface area contributed by atoms with E-state index >= 15 is 0 Å². The van der Waals surface area contributed by atoms with Crippen LogP contribution in [0.3, 0.4) is 0 Å². The number of benzene rings is 1. The smallest absolute Gasteiger partial charge is 0.329 e. The van der Waals surface area contributed by atoms with Crippen LogP contribution in [0.1, 0.15) is 32.6 Å². The summed E-state index contributed by atoms with van der Waals surface area (Å²) in [7, 11) is 0. The zero-order valence-electron chi connectivity index (χ0n) is 10.4. The first-order valence-corrected chi connectivity index (χ1v) is 6.32. The summed E-state index contributed by atoms with van der Waals surface area (Å²) in [6.07, 6.45) is 3.49. The predicted octanol–water partition coefficient (Wildman–Crippen LogP) is 3.27. The van der Waals surface area contributed by atoms with Crippen LogP contribution in [0.2, 0.25) is 0 Å². The van der Waals surface area contributed by atoms with Gasteiger partial charge in [-0.25, -0.2) is 9.18 Å². The first-order valence-electron chi connectivity index (χ1n) is 6.32. The van der Waals surface area contributed by atoms with Crippen LogP contribution < -0.4 is 5.32 Å². The molecule has 0 aromatic heterocycles. The van der Waals surface area contributed by atoms with Crippen molar-refractivity contribution in [3.8, 4) is 0 Å². The van der Waals surface area contributed by atoms with Gasteiger partial charge in [0, 0.05) is 5.69 Å². The van der Waals surface area contributed by atoms with Crippen molar-refractivity contribution >= 4 is 11.7 Å². The number of hydrogen-bond donors (Lipinski definition) is 2. The second kappa shape index (κ2) is 4.96. The lowest BCUT2D eigenvalue weighted by Crippen LogP contribution is -2.53. The third kappa shape index (κ3) is 2.33. The molecule has 18 heavy (non-hydrogen) atoms. The molecule has 0 heterocycles. The van der Waals surface area contributed by atoms with Crippen LogP contribution in [0.5, 0.6) is 0 Å². The fourth-order valence-corrected chi connectivity index (χ4v) is 2.69. The highest BCUT2D eigenvalue weighted by Crippen LogP contribution is 2.36. The lowest BCUT2D eigenvalue weighted by Gasteiger charge is -2.40. The number of aliphatic carboxylic acids is 1. The first kappa shape index (κ1) is 12.9. The van der Waals surface area contributed by atoms with E-state index in [2.05, 4.69) is 5.32 Å². The summed E-state index contributed by atoms with van der Waals surface area (Å²) in [6, 6.07) is 5.85. The molecule has 0 spiro atoms. The quantitative estimate of drug-likeness (QED) is 0.866. The van der Waals surface area contributed by atoms with Gasteiger partial charge in [0.05, 0.1) is 0 Å². The first-order chi connectivity index (χ1) is 8.54. The molecule has 1 aliphatic carbocycles. The Morgan fingerprint density at radius 1 is 1.39 bits per heavy atom. The van der Waals surface area contributed by atoms with Gasteiger partial charge < -0.3 is 10.4 Å². The third-order valence-corrected chi connectivity index (χ3v) is 3.89. The van der Waals surface area contributed by atoms with Crippen LogP contribution in [0.15, 0.2) is 24.3 Å². The molecule has 0 saturated heterocycles. The van der Waals surface area contributed by atoms with Gasteiger partial charge in [0.15, 0.2) is 0 Å². The number of carboxylic acid groups (broad SMARTS) is 1. The number of rotatable bonds is 3. The van der Waals surface area contributed by atoms with E-state index in [1.807, 2.05) is 6.92 Å². The van der Waals surface area contributed by atoms with E-state index in [1.165, 1.54) is 12.1 Å². The minimum Gasteiger partial charge on any atom is -0.479 e. The number of carboxylic acids is 1. The van der Waals surface area contributed by atoms with Gasteiger partial charge in [0.2, 0.25) is 0 Å². The SMILES string of the molecule is CC1CCCCC1(Nc1ccc(F)cc1)C(=O)O. The van der Waals surface area contributed by atoms with Crippen molar-refractivity contribution in [3.05, 3.63) is 30.1 Å². The van der Waals surface area contributed by atoms with Crippen molar-refractivity contribution in [2.45, 2.75) is 38.1 Å². The number of carbonyl (C=O) groups is 1. The van der Waals surface area contributed by atoms with Crippen LogP contribution in [0, 0.1) is 11.7 Å². The van der Waals surface area contributed by atoms with Crippen LogP contribution in [-0.4, -0.2) is 16.6 Å². The molecule has 1 aliphatic rings. The molecular weight excluding hydrogens is 233 g/mol. The minimum atomic E-state index is -0.921. The largest absolute Gasteiger partial charge is 0.479 e. The summed E-state index contributed by atoms with van der Waals surface area (Å²) in [5.41, 5.74) is -0.261. The van der Waals surface area contributed by atoms with Gasteiger partial charge in [0.1, 0.15) is 11.4 Å². The molecule has 2 rings (SSSR count). The Bertz CT molecular complexity index is 432. The average Bonchev–Trinajstić information content (AvgIpc) is 2.35. The normalized spacial score (nSPS) is 27.8. The van der Waals surface area contributed by atoms with E-state index in [4.69, 9.17) is 0 Å². The third-order valence-electron chi connectivity index (χ3n) is 3.89. The fraction of sp³-hybridized carbons (Fsp3) is 0.500. The van der Waals surface area contributed by atoms with E-state index in [9.17, 15) is 14.3 Å². The van der Waals surface area contributed by atoms with E-state index in [0.717, 1.165) is 19.3 Å². The average molecular weight is 251 g/mol. The van der Waals surface area contributed by atoms with Crippen molar-refractivity contribution in [2.75, 3.05) is 5.32 Å². The van der Waals surface area contributed by atoms with Gasteiger partial charge in [-0.05, 0) is 43.0 Å². The van der Waals surface area contributed by atoms with Crippen LogP contribution >= 0.6 is 0 Å². The number of nitrogens with one attached hydrogen (secondary N) is 1. The fourth-order valence-electron chi connectivity index (χ4n) is 2.69. The van der Waals surface area contributed by atoms with E-state index < -0.39 is 11.5 Å². The maximum absolute atomic E-state index is 12.9. The summed E-state index contributed by atoms with van der Waals surface area (Å²) in [4.78, 5) is 11.6. The molecule has 2 atom stereocenters. The van der Waals surface area contributed by atoms with Gasteiger partial charge in [-0.2, -0.15) is 0 Å². The second-order valence-corrected chi connectivity index (χ2v) is 5.06. The molecule has 2 unspecified atom stereocenters. The van der Waals surface area contributed by atoms with Gasteiger partial charge >= 0.3 is 5.97 Å². The van der Waals surface area contributed by atoms with Crippen molar-refractivity contribution in [3.63, 3.8) is 0 Å². The van der Waals surface area contributed by atoms with Crippen molar-refractivity contribution in [1.82, 2.24) is 0 Å². The summed E-state index contributed by atoms with van der Waals surface area (Å²) >= 11 is 0. The van der Waals surface area contributed by atoms with Crippen LogP contribution in [0.25, 0.3) is 0 Å². The minimum absolute atomic E-state index is 0.0637. The van der Waals surface area contributed by atoms with Gasteiger partial charge in [-0.3, -0.25) is 0 Å². The predicted molar refractivity (Wildman–Crippen MR) is 68.0 cm³/mol. The Balaban J connectivity index is 2.25. The standard InChI is InChI=1S/C14H18FNO2/c1-10-4-2-3-9-14(10,13(17)18)16-12-7-5-11(15)6-8-12/h5-8,10,16H,2-4,9H2,1H3,(H,17,18). The molecule has 1 aromatic rings. The highest BCUT2D eigenvalue weighted by atomic mass is 19.1. The molecule has 1 saturated carbocycles. The summed E-state index contributed by atoms with van der Waals surface area (Å²) in [5.74, 6) is -1.07. The van der Waals surface area contributed by atoms with Crippen molar-refractivity contribution in [2.24, 2.45) is 5.92 Å². The lowest BCUT2D eigenvalue weighted by molar-refractivity contribution is -0.145. The summed E-state index contributed by atoms with van der Waals surface area (Å²) in [6.45, 7) is 1.96. The Morgan fingerprint density at radius 3 is 2.61 bits per heavy atom. The number of halogens is 1. The molecular formula is C14H18FNO2. The second-order valence-electron chi connectivity index (χ2n) is 5.06. The molecule has 0 bridgehead atoms. The Labute approximate surface area is 106 Å². The van der Waals surface area contributed by atoms with E-state index in [-0.39, 0.29) is 11.7 Å². The van der Waals surface area contributed by atoms with Gasteiger partial charge in [-0.1, -0.05) is 19.8 Å². The summed E-state index contributed by atoms with van der Waals surface area (Å²) in [5, 5.41) is 12.6. The Kier molecular flexibility index (Phi) is 3.55. The molecule has 0 aliphatic heterocycles. The molecule has 98 valence electrons. The Morgan fingerprint density at radius 2 is 2.06 bits per heavy atom. The highest BCUT2D eigenvalue weighted by Gasteiger charge is 2.45. The molecule has 2 N–H and O–H groups in total. The van der Waals surface area contributed by atoms with Crippen LogP contribution in [0.4, 0.5) is 10.1 Å². The van der Waals surface area contributed by atoms with E-state index in [0.29, 0.717) is 12.1 Å². The number of hydrogen-bond acceptors (Lipinski definition) is 2. The zero-order chi connectivity index (χ0) is 13.2. The van der Waals surface area contributed by atoms with Crippen LogP contribution in [-0.2, 0) is 4.79 Å². The molecule has 4 heteroatoms. The van der Waals surface area contributed by atoms with Crippen molar-refractivity contribution in [1.29, 1.82) is 0 Å². The van der Waals surface area contributed by atoms with Gasteiger partial charge in [-0.15, -0.1) is 0 Å². The topological polar surface area (TPSA) is 49.3 Å². The number of anilines is 1. The Hall–Kier alpha value is -1.58. The maximum Gasteiger partial charge on any atom is 0.329 e. The summed E-state index contributed by atoms with van der Waals surface area (Å²) < 4.78 is 12.9. The molecule has 3 nitrogen and oxygen atoms in total. The molecule has 1 aromatic carbocycles. The zero-order valence-corrected chi connectivity index (χ0v) is 10.4. The van der Waals surface area contributed by atoms with Crippen molar-refractivity contribution < 1.29 is 14.3 Å². The molecule has 1 fully saturated rings. The van der Waals surface area contributed by atoms with Gasteiger partial charge in [0.25, 0.3) is 0 Å². The highest BCUT2D eigenvalue weighted by molar-refractivity contribution is 5.83. The lowest BCUT2D eigenvalue weighted by atomic mass is 9.73. The molecule has 0 radical (unpaired) electrons.